The van der Waals surface area contributed by atoms with E-state index in [1.54, 1.807) is 11.3 Å². The van der Waals surface area contributed by atoms with Crippen LogP contribution in [0.25, 0.3) is 10.6 Å². The highest BCUT2D eigenvalue weighted by atomic mass is 79.9. The number of piperidine rings is 1. The molecule has 2 aromatic heterocycles. The molecule has 4 nitrogen and oxygen atoms in total. The van der Waals surface area contributed by atoms with Crippen LogP contribution in [0, 0.1) is 0 Å². The lowest BCUT2D eigenvalue weighted by Crippen LogP contribution is -2.38. The molecule has 2 N–H and O–H groups in total. The van der Waals surface area contributed by atoms with Gasteiger partial charge in [0, 0.05) is 22.4 Å². The smallest absolute Gasteiger partial charge is 0.148 e. The van der Waals surface area contributed by atoms with Crippen LogP contribution in [-0.2, 0) is 0 Å². The summed E-state index contributed by atoms with van der Waals surface area (Å²) >= 11 is 5.12. The Labute approximate surface area is 124 Å². The van der Waals surface area contributed by atoms with Gasteiger partial charge in [-0.1, -0.05) is 0 Å². The van der Waals surface area contributed by atoms with Gasteiger partial charge in [-0.3, -0.25) is 0 Å². The van der Waals surface area contributed by atoms with E-state index in [4.69, 9.17) is 0 Å². The SMILES string of the molecule is Brc1csc(-c2ccc(NC3CCCNC3)nn2)c1. The third kappa shape index (κ3) is 3.32. The molecular formula is C13H15BrN4S. The molecule has 100 valence electrons. The van der Waals surface area contributed by atoms with E-state index in [1.807, 2.05) is 12.1 Å². The molecule has 1 aliphatic heterocycles. The van der Waals surface area contributed by atoms with Gasteiger partial charge in [0.1, 0.15) is 11.5 Å². The van der Waals surface area contributed by atoms with Gasteiger partial charge in [-0.15, -0.1) is 21.5 Å². The summed E-state index contributed by atoms with van der Waals surface area (Å²) in [5.74, 6) is 0.855. The molecule has 0 saturated carbocycles. The van der Waals surface area contributed by atoms with Gasteiger partial charge < -0.3 is 10.6 Å². The molecule has 3 heterocycles. The monoisotopic (exact) mass is 338 g/mol. The van der Waals surface area contributed by atoms with E-state index < -0.39 is 0 Å². The average Bonchev–Trinajstić information content (AvgIpc) is 2.87. The van der Waals surface area contributed by atoms with Crippen LogP contribution in [0.2, 0.25) is 0 Å². The van der Waals surface area contributed by atoms with Gasteiger partial charge in [-0.25, -0.2) is 0 Å². The van der Waals surface area contributed by atoms with Crippen molar-refractivity contribution in [2.24, 2.45) is 0 Å². The quantitative estimate of drug-likeness (QED) is 0.902. The van der Waals surface area contributed by atoms with Crippen molar-refractivity contribution in [3.63, 3.8) is 0 Å². The maximum Gasteiger partial charge on any atom is 0.148 e. The Kier molecular flexibility index (Phi) is 4.10. The lowest BCUT2D eigenvalue weighted by molar-refractivity contribution is 0.478. The number of rotatable bonds is 3. The third-order valence-corrected chi connectivity index (χ3v) is 4.85. The molecular weight excluding hydrogens is 324 g/mol. The van der Waals surface area contributed by atoms with E-state index >= 15 is 0 Å². The lowest BCUT2D eigenvalue weighted by atomic mass is 10.1. The molecule has 1 saturated heterocycles. The number of nitrogens with zero attached hydrogens (tertiary/aromatic N) is 2. The van der Waals surface area contributed by atoms with Crippen LogP contribution in [0.5, 0.6) is 0 Å². The van der Waals surface area contributed by atoms with Crippen molar-refractivity contribution in [1.82, 2.24) is 15.5 Å². The fraction of sp³-hybridized carbons (Fsp3) is 0.385. The Balaban J connectivity index is 1.68. The summed E-state index contributed by atoms with van der Waals surface area (Å²) in [4.78, 5) is 1.13. The minimum atomic E-state index is 0.463. The van der Waals surface area contributed by atoms with Crippen molar-refractivity contribution in [3.8, 4) is 10.6 Å². The number of halogens is 1. The van der Waals surface area contributed by atoms with Crippen LogP contribution in [0.3, 0.4) is 0 Å². The first kappa shape index (κ1) is 13.0. The van der Waals surface area contributed by atoms with Gasteiger partial charge in [-0.05, 0) is 53.5 Å². The molecule has 1 aliphatic rings. The second-order valence-electron chi connectivity index (χ2n) is 4.62. The van der Waals surface area contributed by atoms with Crippen molar-refractivity contribution in [2.75, 3.05) is 18.4 Å². The van der Waals surface area contributed by atoms with Gasteiger partial charge in [-0.2, -0.15) is 0 Å². The number of anilines is 1. The minimum absolute atomic E-state index is 0.463. The number of thiophene rings is 1. The second kappa shape index (κ2) is 5.98. The molecule has 0 amide bonds. The molecule has 2 aromatic rings. The number of hydrogen-bond donors (Lipinski definition) is 2. The van der Waals surface area contributed by atoms with Gasteiger partial charge in [0.05, 0.1) is 4.88 Å². The number of hydrogen-bond acceptors (Lipinski definition) is 5. The largest absolute Gasteiger partial charge is 0.365 e. The van der Waals surface area contributed by atoms with E-state index in [9.17, 15) is 0 Å². The van der Waals surface area contributed by atoms with Crippen LogP contribution in [-0.4, -0.2) is 29.3 Å². The molecule has 1 fully saturated rings. The van der Waals surface area contributed by atoms with Gasteiger partial charge in [0.15, 0.2) is 0 Å². The number of nitrogens with one attached hydrogen (secondary N) is 2. The van der Waals surface area contributed by atoms with E-state index in [0.29, 0.717) is 6.04 Å². The first-order valence-electron chi connectivity index (χ1n) is 6.37. The predicted octanol–water partition coefficient (Wildman–Crippen LogP) is 3.13. The van der Waals surface area contributed by atoms with E-state index in [1.165, 1.54) is 12.8 Å². The standard InChI is InChI=1S/C13H15BrN4S/c14-9-6-12(19-8-9)11-3-4-13(18-17-11)16-10-2-1-5-15-7-10/h3-4,6,8,10,15H,1-2,5,7H2,(H,16,18). The highest BCUT2D eigenvalue weighted by Crippen LogP contribution is 2.28. The van der Waals surface area contributed by atoms with Crippen molar-refractivity contribution < 1.29 is 0 Å². The molecule has 6 heteroatoms. The summed E-state index contributed by atoms with van der Waals surface area (Å²) in [6, 6.07) is 6.55. The Morgan fingerprint density at radius 1 is 1.37 bits per heavy atom. The second-order valence-corrected chi connectivity index (χ2v) is 6.45. The molecule has 0 radical (unpaired) electrons. The Morgan fingerprint density at radius 3 is 2.95 bits per heavy atom. The van der Waals surface area contributed by atoms with Crippen LogP contribution >= 0.6 is 27.3 Å². The van der Waals surface area contributed by atoms with Gasteiger partial charge in [0.2, 0.25) is 0 Å². The average molecular weight is 339 g/mol. The summed E-state index contributed by atoms with van der Waals surface area (Å²) in [7, 11) is 0. The van der Waals surface area contributed by atoms with Crippen LogP contribution < -0.4 is 10.6 Å². The normalized spacial score (nSPS) is 19.3. The topological polar surface area (TPSA) is 49.8 Å². The molecule has 19 heavy (non-hydrogen) atoms. The molecule has 1 unspecified atom stereocenters. The Bertz CT molecular complexity index is 534. The van der Waals surface area contributed by atoms with Crippen molar-refractivity contribution in [2.45, 2.75) is 18.9 Å². The molecule has 0 bridgehead atoms. The highest BCUT2D eigenvalue weighted by Gasteiger charge is 2.13. The number of aromatic nitrogens is 2. The summed E-state index contributed by atoms with van der Waals surface area (Å²) < 4.78 is 1.09. The Morgan fingerprint density at radius 2 is 2.32 bits per heavy atom. The van der Waals surface area contributed by atoms with Gasteiger partial charge >= 0.3 is 0 Å². The fourth-order valence-electron chi connectivity index (χ4n) is 2.17. The first-order chi connectivity index (χ1) is 9.31. The Hall–Kier alpha value is -0.980. The van der Waals surface area contributed by atoms with Crippen molar-refractivity contribution >= 4 is 33.1 Å². The maximum atomic E-state index is 4.28. The molecule has 3 rings (SSSR count). The summed E-state index contributed by atoms with van der Waals surface area (Å²) in [6.45, 7) is 2.12. The minimum Gasteiger partial charge on any atom is -0.365 e. The predicted molar refractivity (Wildman–Crippen MR) is 82.6 cm³/mol. The maximum absolute atomic E-state index is 4.28. The first-order valence-corrected chi connectivity index (χ1v) is 8.04. The van der Waals surface area contributed by atoms with Crippen LogP contribution in [0.1, 0.15) is 12.8 Å². The van der Waals surface area contributed by atoms with Gasteiger partial charge in [0.25, 0.3) is 0 Å². The van der Waals surface area contributed by atoms with E-state index in [-0.39, 0.29) is 0 Å². The van der Waals surface area contributed by atoms with E-state index in [2.05, 4.69) is 48.2 Å². The molecule has 0 spiro atoms. The molecule has 1 atom stereocenters. The van der Waals surface area contributed by atoms with Crippen molar-refractivity contribution in [3.05, 3.63) is 28.1 Å². The highest BCUT2D eigenvalue weighted by molar-refractivity contribution is 9.10. The van der Waals surface area contributed by atoms with Crippen molar-refractivity contribution in [1.29, 1.82) is 0 Å². The van der Waals surface area contributed by atoms with Crippen LogP contribution in [0.15, 0.2) is 28.1 Å². The molecule has 0 aromatic carbocycles. The zero-order valence-corrected chi connectivity index (χ0v) is 12.8. The van der Waals surface area contributed by atoms with Crippen LogP contribution in [0.4, 0.5) is 5.82 Å². The fourth-order valence-corrected chi connectivity index (χ4v) is 3.57. The zero-order valence-electron chi connectivity index (χ0n) is 10.4. The third-order valence-electron chi connectivity index (χ3n) is 3.13. The molecule has 0 aliphatic carbocycles. The zero-order chi connectivity index (χ0) is 13.1. The lowest BCUT2D eigenvalue weighted by Gasteiger charge is -2.23. The summed E-state index contributed by atoms with van der Waals surface area (Å²) in [5.41, 5.74) is 0.919. The summed E-state index contributed by atoms with van der Waals surface area (Å²) in [6.07, 6.45) is 2.40. The van der Waals surface area contributed by atoms with E-state index in [0.717, 1.165) is 34.0 Å². The summed E-state index contributed by atoms with van der Waals surface area (Å²) in [5, 5.41) is 17.4.